The van der Waals surface area contributed by atoms with Gasteiger partial charge in [-0.3, -0.25) is 0 Å². The molecular weight excluding hydrogens is 206 g/mol. The van der Waals surface area contributed by atoms with Crippen LogP contribution in [-0.2, 0) is 9.47 Å². The van der Waals surface area contributed by atoms with Gasteiger partial charge in [0.1, 0.15) is 0 Å². The van der Waals surface area contributed by atoms with Gasteiger partial charge in [-0.2, -0.15) is 0 Å². The number of likely N-dealkylation sites (N-methyl/N-ethyl adjacent to an activating group) is 1. The van der Waals surface area contributed by atoms with Gasteiger partial charge in [-0.05, 0) is 32.9 Å². The van der Waals surface area contributed by atoms with Crippen molar-refractivity contribution in [1.82, 2.24) is 4.90 Å². The third-order valence-electron chi connectivity index (χ3n) is 2.82. The zero-order valence-corrected chi connectivity index (χ0v) is 10.5. The van der Waals surface area contributed by atoms with Gasteiger partial charge in [-0.15, -0.1) is 0 Å². The maximum absolute atomic E-state index is 9.78. The molecule has 1 aliphatic heterocycles. The molecule has 1 atom stereocenters. The summed E-state index contributed by atoms with van der Waals surface area (Å²) in [6.07, 6.45) is 2.93. The number of aliphatic hydroxyl groups is 1. The van der Waals surface area contributed by atoms with E-state index >= 15 is 0 Å². The number of aliphatic hydroxyl groups excluding tert-OH is 1. The molecule has 0 radical (unpaired) electrons. The quantitative estimate of drug-likeness (QED) is 0.706. The summed E-state index contributed by atoms with van der Waals surface area (Å²) in [5.41, 5.74) is 0. The molecule has 4 nitrogen and oxygen atoms in total. The van der Waals surface area contributed by atoms with Gasteiger partial charge in [0.15, 0.2) is 0 Å². The molecule has 1 rings (SSSR count). The molecule has 1 unspecified atom stereocenters. The Morgan fingerprint density at radius 1 is 1.44 bits per heavy atom. The second kappa shape index (κ2) is 8.01. The molecule has 0 aromatic heterocycles. The molecule has 1 heterocycles. The molecule has 16 heavy (non-hydrogen) atoms. The Morgan fingerprint density at radius 2 is 2.12 bits per heavy atom. The van der Waals surface area contributed by atoms with E-state index in [1.807, 2.05) is 7.05 Å². The third kappa shape index (κ3) is 5.80. The first kappa shape index (κ1) is 13.9. The van der Waals surface area contributed by atoms with Crippen LogP contribution in [0.3, 0.4) is 0 Å². The fraction of sp³-hybridized carbons (Fsp3) is 1.00. The van der Waals surface area contributed by atoms with E-state index in [1.54, 1.807) is 0 Å². The summed E-state index contributed by atoms with van der Waals surface area (Å²) < 4.78 is 10.9. The van der Waals surface area contributed by atoms with Gasteiger partial charge >= 0.3 is 0 Å². The van der Waals surface area contributed by atoms with Crippen molar-refractivity contribution in [2.45, 2.75) is 38.4 Å². The normalized spacial score (nSPS) is 20.2. The lowest BCUT2D eigenvalue weighted by atomic mass is 10.1. The average molecular weight is 231 g/mol. The summed E-state index contributed by atoms with van der Waals surface area (Å²) in [4.78, 5) is 2.14. The van der Waals surface area contributed by atoms with Crippen molar-refractivity contribution >= 4 is 0 Å². The molecule has 1 aliphatic rings. The molecule has 0 aromatic rings. The van der Waals surface area contributed by atoms with E-state index in [-0.39, 0.29) is 12.2 Å². The second-order valence-corrected chi connectivity index (χ2v) is 4.56. The Balaban J connectivity index is 2.06. The Morgan fingerprint density at radius 3 is 2.75 bits per heavy atom. The summed E-state index contributed by atoms with van der Waals surface area (Å²) in [5, 5.41) is 9.78. The molecule has 1 fully saturated rings. The molecule has 1 saturated heterocycles. The van der Waals surface area contributed by atoms with Crippen LogP contribution in [0.1, 0.15) is 26.2 Å². The smallest absolute Gasteiger partial charge is 0.0900 e. The molecule has 1 N–H and O–H groups in total. The highest BCUT2D eigenvalue weighted by molar-refractivity contribution is 4.65. The minimum Gasteiger partial charge on any atom is -0.389 e. The average Bonchev–Trinajstić information content (AvgIpc) is 2.28. The Kier molecular flexibility index (Phi) is 6.96. The van der Waals surface area contributed by atoms with Crippen molar-refractivity contribution in [2.24, 2.45) is 0 Å². The van der Waals surface area contributed by atoms with E-state index in [0.29, 0.717) is 13.2 Å². The van der Waals surface area contributed by atoms with E-state index < -0.39 is 0 Å². The highest BCUT2D eigenvalue weighted by Gasteiger charge is 2.16. The lowest BCUT2D eigenvalue weighted by Crippen LogP contribution is -2.35. The minimum absolute atomic E-state index is 0.278. The molecule has 0 spiro atoms. The lowest BCUT2D eigenvalue weighted by Gasteiger charge is -2.25. The predicted molar refractivity (Wildman–Crippen MR) is 63.6 cm³/mol. The van der Waals surface area contributed by atoms with Crippen molar-refractivity contribution in [3.05, 3.63) is 0 Å². The summed E-state index contributed by atoms with van der Waals surface area (Å²) >= 11 is 0. The van der Waals surface area contributed by atoms with Gasteiger partial charge in [0, 0.05) is 19.8 Å². The molecule has 96 valence electrons. The van der Waals surface area contributed by atoms with E-state index in [1.165, 1.54) is 0 Å². The van der Waals surface area contributed by atoms with E-state index in [9.17, 15) is 5.11 Å². The first-order valence-corrected chi connectivity index (χ1v) is 6.28. The van der Waals surface area contributed by atoms with Crippen molar-refractivity contribution in [1.29, 1.82) is 0 Å². The lowest BCUT2D eigenvalue weighted by molar-refractivity contribution is -0.0630. The van der Waals surface area contributed by atoms with Crippen molar-refractivity contribution in [2.75, 3.05) is 40.0 Å². The third-order valence-corrected chi connectivity index (χ3v) is 2.82. The molecule has 0 amide bonds. The predicted octanol–water partition coefficient (Wildman–Crippen LogP) is 0.885. The van der Waals surface area contributed by atoms with Crippen LogP contribution in [0.15, 0.2) is 0 Å². The maximum Gasteiger partial charge on any atom is 0.0900 e. The van der Waals surface area contributed by atoms with Crippen LogP contribution in [0.5, 0.6) is 0 Å². The van der Waals surface area contributed by atoms with E-state index in [2.05, 4.69) is 11.8 Å². The monoisotopic (exact) mass is 231 g/mol. The molecular formula is C12H25NO3. The van der Waals surface area contributed by atoms with Crippen LogP contribution in [-0.4, -0.2) is 62.2 Å². The molecule has 0 saturated carbocycles. The molecule has 4 heteroatoms. The van der Waals surface area contributed by atoms with E-state index in [0.717, 1.165) is 39.0 Å². The largest absolute Gasteiger partial charge is 0.389 e. The Bertz CT molecular complexity index is 172. The SMILES string of the molecule is CCCN(C)CC(O)COC1CCOCC1. The Hall–Kier alpha value is -0.160. The van der Waals surface area contributed by atoms with Crippen LogP contribution in [0.4, 0.5) is 0 Å². The first-order valence-electron chi connectivity index (χ1n) is 6.28. The Labute approximate surface area is 98.5 Å². The number of nitrogens with zero attached hydrogens (tertiary/aromatic N) is 1. The fourth-order valence-corrected chi connectivity index (χ4v) is 1.98. The first-order chi connectivity index (χ1) is 7.72. The highest BCUT2D eigenvalue weighted by atomic mass is 16.5. The van der Waals surface area contributed by atoms with Gasteiger partial charge in [0.2, 0.25) is 0 Å². The molecule has 0 aromatic carbocycles. The second-order valence-electron chi connectivity index (χ2n) is 4.56. The van der Waals surface area contributed by atoms with Crippen molar-refractivity contribution in [3.8, 4) is 0 Å². The molecule has 0 aliphatic carbocycles. The van der Waals surface area contributed by atoms with Gasteiger partial charge < -0.3 is 19.5 Å². The van der Waals surface area contributed by atoms with Gasteiger partial charge in [0.25, 0.3) is 0 Å². The summed E-state index contributed by atoms with van der Waals surface area (Å²) in [6, 6.07) is 0. The van der Waals surface area contributed by atoms with Crippen LogP contribution < -0.4 is 0 Å². The highest BCUT2D eigenvalue weighted by Crippen LogP contribution is 2.10. The summed E-state index contributed by atoms with van der Waals surface area (Å²) in [5.74, 6) is 0. The molecule has 0 bridgehead atoms. The number of hydrogen-bond acceptors (Lipinski definition) is 4. The van der Waals surface area contributed by atoms with Crippen LogP contribution in [0.2, 0.25) is 0 Å². The number of ether oxygens (including phenoxy) is 2. The minimum atomic E-state index is -0.376. The van der Waals surface area contributed by atoms with Crippen LogP contribution in [0, 0.1) is 0 Å². The van der Waals surface area contributed by atoms with Crippen molar-refractivity contribution in [3.63, 3.8) is 0 Å². The topological polar surface area (TPSA) is 41.9 Å². The van der Waals surface area contributed by atoms with Crippen LogP contribution >= 0.6 is 0 Å². The standard InChI is InChI=1S/C12H25NO3/c1-3-6-13(2)9-11(14)10-16-12-4-7-15-8-5-12/h11-12,14H,3-10H2,1-2H3. The summed E-state index contributed by atoms with van der Waals surface area (Å²) in [6.45, 7) is 5.87. The summed E-state index contributed by atoms with van der Waals surface area (Å²) in [7, 11) is 2.03. The van der Waals surface area contributed by atoms with E-state index in [4.69, 9.17) is 9.47 Å². The number of hydrogen-bond donors (Lipinski definition) is 1. The van der Waals surface area contributed by atoms with Gasteiger partial charge in [-0.1, -0.05) is 6.92 Å². The van der Waals surface area contributed by atoms with Gasteiger partial charge in [0.05, 0.1) is 18.8 Å². The van der Waals surface area contributed by atoms with Crippen molar-refractivity contribution < 1.29 is 14.6 Å². The zero-order chi connectivity index (χ0) is 11.8. The van der Waals surface area contributed by atoms with Gasteiger partial charge in [-0.25, -0.2) is 0 Å². The fourth-order valence-electron chi connectivity index (χ4n) is 1.98. The zero-order valence-electron chi connectivity index (χ0n) is 10.5. The maximum atomic E-state index is 9.78. The number of rotatable bonds is 7. The van der Waals surface area contributed by atoms with Crippen LogP contribution in [0.25, 0.3) is 0 Å².